The van der Waals surface area contributed by atoms with Crippen LogP contribution in [-0.2, 0) is 0 Å². The van der Waals surface area contributed by atoms with Crippen molar-refractivity contribution < 1.29 is 0 Å². The van der Waals surface area contributed by atoms with Crippen LogP contribution in [0.3, 0.4) is 0 Å². The topological polar surface area (TPSA) is 0 Å². The molecule has 0 aliphatic rings. The first-order valence-corrected chi connectivity index (χ1v) is 12.6. The number of unbranched alkanes of at least 4 members (excludes halogenated alkanes) is 1. The maximum atomic E-state index is 2.47. The summed E-state index contributed by atoms with van der Waals surface area (Å²) in [5, 5.41) is 0. The summed E-state index contributed by atoms with van der Waals surface area (Å²) in [6, 6.07) is 31.9. The second kappa shape index (κ2) is 11.3. The number of benzene rings is 3. The van der Waals surface area contributed by atoms with Crippen LogP contribution in [0.15, 0.2) is 108 Å². The van der Waals surface area contributed by atoms with Gasteiger partial charge in [0.25, 0.3) is 0 Å². The Morgan fingerprint density at radius 2 is 0.897 bits per heavy atom. The van der Waals surface area contributed by atoms with Gasteiger partial charge in [-0.1, -0.05) is 104 Å². The molecule has 0 unspecified atom stereocenters. The molecule has 0 radical (unpaired) electrons. The van der Waals surface area contributed by atoms with Gasteiger partial charge in [0.2, 0.25) is 0 Å². The quantitative estimate of drug-likeness (QED) is 0.316. The van der Waals surface area contributed by atoms with Crippen LogP contribution >= 0.6 is 7.26 Å². The Morgan fingerprint density at radius 1 is 0.552 bits per heavy atom. The van der Waals surface area contributed by atoms with Crippen LogP contribution in [0.2, 0.25) is 0 Å². The van der Waals surface area contributed by atoms with Crippen molar-refractivity contribution in [1.29, 1.82) is 0 Å². The van der Waals surface area contributed by atoms with E-state index in [9.17, 15) is 0 Å². The van der Waals surface area contributed by atoms with Gasteiger partial charge in [-0.2, -0.15) is 0 Å². The standard InChI is InChI=1S/C28H30P/c1-2-3-22-29(23-19-26-13-7-4-8-14-26,24-20-27-15-9-5-10-16-27)25-21-28-17-11-6-12-18-28/h4-21,23-25H,2-3,22H2,1H3/q+1/b23-19+,24-20+,25-21+. The highest BCUT2D eigenvalue weighted by molar-refractivity contribution is 7.84. The molecule has 0 saturated heterocycles. The lowest BCUT2D eigenvalue weighted by Gasteiger charge is -2.16. The SMILES string of the molecule is CCCC[P+](/C=C/c1ccccc1)(/C=C/c1ccccc1)/C=C/c1ccccc1. The van der Waals surface area contributed by atoms with E-state index in [4.69, 9.17) is 0 Å². The Bertz CT molecular complexity index is 801. The van der Waals surface area contributed by atoms with Gasteiger partial charge in [-0.15, -0.1) is 0 Å². The van der Waals surface area contributed by atoms with Crippen molar-refractivity contribution in [2.45, 2.75) is 19.8 Å². The molecule has 3 rings (SSSR count). The molecule has 0 fully saturated rings. The van der Waals surface area contributed by atoms with Crippen LogP contribution in [0.25, 0.3) is 18.2 Å². The van der Waals surface area contributed by atoms with E-state index < -0.39 is 7.26 Å². The van der Waals surface area contributed by atoms with E-state index in [1.54, 1.807) is 0 Å². The van der Waals surface area contributed by atoms with Crippen molar-refractivity contribution in [2.24, 2.45) is 0 Å². The molecule has 0 nitrogen and oxygen atoms in total. The zero-order valence-electron chi connectivity index (χ0n) is 17.2. The minimum absolute atomic E-state index is 1.19. The lowest BCUT2D eigenvalue weighted by molar-refractivity contribution is 0.891. The molecule has 3 aromatic rings. The van der Waals surface area contributed by atoms with E-state index in [2.05, 4.69) is 134 Å². The fourth-order valence-corrected chi connectivity index (χ4v) is 6.13. The van der Waals surface area contributed by atoms with E-state index in [-0.39, 0.29) is 0 Å². The van der Waals surface area contributed by atoms with E-state index in [1.807, 2.05) is 0 Å². The molecule has 0 atom stereocenters. The Balaban J connectivity index is 1.98. The Morgan fingerprint density at radius 3 is 1.21 bits per heavy atom. The third-order valence-electron chi connectivity index (χ3n) is 4.93. The predicted octanol–water partition coefficient (Wildman–Crippen LogP) is 8.82. The van der Waals surface area contributed by atoms with Crippen LogP contribution in [-0.4, -0.2) is 6.16 Å². The number of rotatable bonds is 9. The molecule has 0 saturated carbocycles. The average molecular weight is 398 g/mol. The molecule has 0 N–H and O–H groups in total. The third-order valence-corrected chi connectivity index (χ3v) is 8.13. The van der Waals surface area contributed by atoms with Crippen LogP contribution in [0.5, 0.6) is 0 Å². The van der Waals surface area contributed by atoms with Crippen molar-refractivity contribution in [1.82, 2.24) is 0 Å². The van der Waals surface area contributed by atoms with Crippen molar-refractivity contribution in [3.05, 3.63) is 125 Å². The summed E-state index contributed by atoms with van der Waals surface area (Å²) in [5.41, 5.74) is 3.78. The van der Waals surface area contributed by atoms with E-state index >= 15 is 0 Å². The first-order chi connectivity index (χ1) is 14.3. The maximum Gasteiger partial charge on any atom is 0.0892 e. The van der Waals surface area contributed by atoms with E-state index in [0.29, 0.717) is 0 Å². The van der Waals surface area contributed by atoms with Gasteiger partial charge in [-0.3, -0.25) is 0 Å². The lowest BCUT2D eigenvalue weighted by Crippen LogP contribution is -1.91. The van der Waals surface area contributed by atoms with Crippen molar-refractivity contribution in [2.75, 3.05) is 6.16 Å². The molecule has 0 aliphatic heterocycles. The molecule has 3 aromatic carbocycles. The van der Waals surface area contributed by atoms with Gasteiger partial charge in [-0.05, 0) is 41.3 Å². The van der Waals surface area contributed by atoms with Gasteiger partial charge in [0.05, 0.1) is 30.9 Å². The minimum atomic E-state index is -1.55. The van der Waals surface area contributed by atoms with Gasteiger partial charge in [0, 0.05) is 0 Å². The van der Waals surface area contributed by atoms with Crippen LogP contribution in [0, 0.1) is 0 Å². The summed E-state index contributed by atoms with van der Waals surface area (Å²) in [7, 11) is -1.55. The minimum Gasteiger partial charge on any atom is -0.0652 e. The van der Waals surface area contributed by atoms with Crippen molar-refractivity contribution in [3.8, 4) is 0 Å². The van der Waals surface area contributed by atoms with Crippen molar-refractivity contribution >= 4 is 25.5 Å². The molecule has 0 bridgehead atoms. The van der Waals surface area contributed by atoms with Gasteiger partial charge in [0.1, 0.15) is 0 Å². The average Bonchev–Trinajstić information content (AvgIpc) is 2.80. The summed E-state index contributed by atoms with van der Waals surface area (Å²) in [6.45, 7) is 2.28. The smallest absolute Gasteiger partial charge is 0.0652 e. The maximum absolute atomic E-state index is 2.47. The molecular formula is C28H30P+. The van der Waals surface area contributed by atoms with E-state index in [0.717, 1.165) is 0 Å². The zero-order chi connectivity index (χ0) is 20.2. The molecule has 1 heteroatoms. The first-order valence-electron chi connectivity index (χ1n) is 10.4. The highest BCUT2D eigenvalue weighted by Crippen LogP contribution is 2.65. The summed E-state index contributed by atoms with van der Waals surface area (Å²) in [4.78, 5) is 0. The third kappa shape index (κ3) is 7.00. The van der Waals surface area contributed by atoms with Crippen LogP contribution < -0.4 is 0 Å². The van der Waals surface area contributed by atoms with E-state index in [1.165, 1.54) is 35.7 Å². The second-order valence-electron chi connectivity index (χ2n) is 7.25. The summed E-state index contributed by atoms with van der Waals surface area (Å²) in [5.74, 6) is 7.41. The van der Waals surface area contributed by atoms with Gasteiger partial charge in [-0.25, -0.2) is 0 Å². The molecule has 0 spiro atoms. The lowest BCUT2D eigenvalue weighted by atomic mass is 10.2. The second-order valence-corrected chi connectivity index (χ2v) is 10.6. The number of hydrogen-bond acceptors (Lipinski definition) is 0. The highest BCUT2D eigenvalue weighted by Gasteiger charge is 2.28. The largest absolute Gasteiger partial charge is 0.0892 e. The molecule has 0 aromatic heterocycles. The summed E-state index contributed by atoms with van der Waals surface area (Å²) in [6.07, 6.45) is 10.5. The summed E-state index contributed by atoms with van der Waals surface area (Å²) < 4.78 is 0. The molecule has 0 aliphatic carbocycles. The molecule has 146 valence electrons. The monoisotopic (exact) mass is 397 g/mol. The van der Waals surface area contributed by atoms with Crippen molar-refractivity contribution in [3.63, 3.8) is 0 Å². The number of hydrogen-bond donors (Lipinski definition) is 0. The highest BCUT2D eigenvalue weighted by atomic mass is 31.2. The fourth-order valence-electron chi connectivity index (χ4n) is 3.17. The van der Waals surface area contributed by atoms with Crippen LogP contribution in [0.4, 0.5) is 0 Å². The van der Waals surface area contributed by atoms with Gasteiger partial charge < -0.3 is 0 Å². The van der Waals surface area contributed by atoms with Crippen LogP contribution in [0.1, 0.15) is 36.5 Å². The Kier molecular flexibility index (Phi) is 8.23. The van der Waals surface area contributed by atoms with Gasteiger partial charge in [0.15, 0.2) is 0 Å². The summed E-state index contributed by atoms with van der Waals surface area (Å²) >= 11 is 0. The van der Waals surface area contributed by atoms with Gasteiger partial charge >= 0.3 is 0 Å². The zero-order valence-corrected chi connectivity index (χ0v) is 18.1. The Labute approximate surface area is 176 Å². The predicted molar refractivity (Wildman–Crippen MR) is 133 cm³/mol. The first kappa shape index (κ1) is 21.0. The molecule has 0 amide bonds. The normalized spacial score (nSPS) is 12.3. The molecular weight excluding hydrogens is 367 g/mol. The fraction of sp³-hybridized carbons (Fsp3) is 0.143. The Hall–Kier alpha value is -2.69. The molecule has 29 heavy (non-hydrogen) atoms. The molecule has 0 heterocycles.